The molecule has 1 aromatic rings. The number of rotatable bonds is 2. The van der Waals surface area contributed by atoms with Crippen molar-refractivity contribution in [3.8, 4) is 6.07 Å². The molecule has 0 radical (unpaired) electrons. The van der Waals surface area contributed by atoms with E-state index in [1.54, 1.807) is 0 Å². The maximum absolute atomic E-state index is 9.64. The van der Waals surface area contributed by atoms with Gasteiger partial charge in [0, 0.05) is 25.7 Å². The van der Waals surface area contributed by atoms with Crippen molar-refractivity contribution >= 4 is 0 Å². The van der Waals surface area contributed by atoms with Crippen molar-refractivity contribution in [2.75, 3.05) is 26.7 Å². The molecule has 0 saturated carbocycles. The molecule has 1 heterocycles. The number of benzene rings is 1. The summed E-state index contributed by atoms with van der Waals surface area (Å²) in [4.78, 5) is 4.66. The number of likely N-dealkylation sites (N-methyl/N-ethyl adjacent to an activating group) is 1. The third kappa shape index (κ3) is 3.64. The largest absolute Gasteiger partial charge is 0.304 e. The lowest BCUT2D eigenvalue weighted by atomic mass is 9.86. The fourth-order valence-electron chi connectivity index (χ4n) is 3.04. The minimum absolute atomic E-state index is 0.136. The minimum Gasteiger partial charge on any atom is -0.304 e. The van der Waals surface area contributed by atoms with Crippen LogP contribution in [0.2, 0.25) is 0 Å². The Kier molecular flexibility index (Phi) is 4.70. The summed E-state index contributed by atoms with van der Waals surface area (Å²) >= 11 is 0. The van der Waals surface area contributed by atoms with Crippen LogP contribution in [0.3, 0.4) is 0 Å². The Morgan fingerprint density at radius 2 is 1.81 bits per heavy atom. The molecule has 1 saturated heterocycles. The third-order valence-electron chi connectivity index (χ3n) is 4.43. The van der Waals surface area contributed by atoms with Gasteiger partial charge >= 0.3 is 0 Å². The minimum atomic E-state index is -0.136. The molecule has 2 unspecified atom stereocenters. The van der Waals surface area contributed by atoms with E-state index in [9.17, 15) is 5.26 Å². The number of nitrogens with zero attached hydrogens (tertiary/aromatic N) is 3. The Morgan fingerprint density at radius 1 is 1.19 bits per heavy atom. The van der Waals surface area contributed by atoms with E-state index >= 15 is 0 Å². The zero-order valence-electron chi connectivity index (χ0n) is 13.9. The second-order valence-corrected chi connectivity index (χ2v) is 7.25. The monoisotopic (exact) mass is 285 g/mol. The molecule has 1 aliphatic rings. The number of piperazine rings is 1. The highest BCUT2D eigenvalue weighted by Gasteiger charge is 2.29. The van der Waals surface area contributed by atoms with Crippen LogP contribution < -0.4 is 0 Å². The maximum atomic E-state index is 9.64. The normalized spacial score (nSPS) is 22.8. The molecule has 3 heteroatoms. The van der Waals surface area contributed by atoms with Crippen LogP contribution in [-0.4, -0.2) is 42.5 Å². The van der Waals surface area contributed by atoms with Crippen LogP contribution in [0.1, 0.15) is 44.9 Å². The van der Waals surface area contributed by atoms with Crippen LogP contribution in [0, 0.1) is 11.3 Å². The van der Waals surface area contributed by atoms with E-state index in [1.807, 2.05) is 0 Å². The quantitative estimate of drug-likeness (QED) is 0.836. The molecule has 1 aromatic carbocycles. The molecule has 1 fully saturated rings. The molecule has 0 amide bonds. The van der Waals surface area contributed by atoms with Gasteiger partial charge in [-0.25, -0.2) is 0 Å². The molecule has 1 aliphatic heterocycles. The Morgan fingerprint density at radius 3 is 2.29 bits per heavy atom. The standard InChI is InChI=1S/C18H27N3/c1-14-13-20(5)10-11-21(14)17(12-19)15-6-8-16(9-7-15)18(2,3)4/h6-9,14,17H,10-11,13H2,1-5H3. The van der Waals surface area contributed by atoms with Gasteiger partial charge in [0.05, 0.1) is 6.07 Å². The van der Waals surface area contributed by atoms with Gasteiger partial charge in [-0.2, -0.15) is 5.26 Å². The first kappa shape index (κ1) is 16.0. The summed E-state index contributed by atoms with van der Waals surface area (Å²) in [7, 11) is 2.15. The van der Waals surface area contributed by atoms with Crippen LogP contribution in [0.25, 0.3) is 0 Å². The van der Waals surface area contributed by atoms with Crippen molar-refractivity contribution < 1.29 is 0 Å². The van der Waals surface area contributed by atoms with Gasteiger partial charge in [0.25, 0.3) is 0 Å². The van der Waals surface area contributed by atoms with Gasteiger partial charge in [-0.15, -0.1) is 0 Å². The van der Waals surface area contributed by atoms with Crippen molar-refractivity contribution in [1.29, 1.82) is 5.26 Å². The van der Waals surface area contributed by atoms with E-state index in [2.05, 4.69) is 74.9 Å². The van der Waals surface area contributed by atoms with Crippen molar-refractivity contribution in [1.82, 2.24) is 9.80 Å². The van der Waals surface area contributed by atoms with Crippen LogP contribution in [-0.2, 0) is 5.41 Å². The topological polar surface area (TPSA) is 30.3 Å². The van der Waals surface area contributed by atoms with E-state index in [0.29, 0.717) is 6.04 Å². The molecular formula is C18H27N3. The number of nitriles is 1. The van der Waals surface area contributed by atoms with Crippen molar-refractivity contribution in [3.63, 3.8) is 0 Å². The van der Waals surface area contributed by atoms with Crippen LogP contribution in [0.15, 0.2) is 24.3 Å². The summed E-state index contributed by atoms with van der Waals surface area (Å²) < 4.78 is 0. The van der Waals surface area contributed by atoms with Gasteiger partial charge < -0.3 is 4.90 Å². The summed E-state index contributed by atoms with van der Waals surface area (Å²) in [5.74, 6) is 0. The average Bonchev–Trinajstić information content (AvgIpc) is 2.41. The first-order chi connectivity index (χ1) is 9.82. The highest BCUT2D eigenvalue weighted by Crippen LogP contribution is 2.28. The Labute approximate surface area is 129 Å². The van der Waals surface area contributed by atoms with Crippen molar-refractivity contribution in [3.05, 3.63) is 35.4 Å². The lowest BCUT2D eigenvalue weighted by Gasteiger charge is -2.40. The molecule has 0 aromatic heterocycles. The van der Waals surface area contributed by atoms with E-state index in [0.717, 1.165) is 25.2 Å². The molecule has 3 nitrogen and oxygen atoms in total. The summed E-state index contributed by atoms with van der Waals surface area (Å²) in [5.41, 5.74) is 2.58. The SMILES string of the molecule is CC1CN(C)CCN1C(C#N)c1ccc(C(C)(C)C)cc1. The second-order valence-electron chi connectivity index (χ2n) is 7.25. The first-order valence-electron chi connectivity index (χ1n) is 7.77. The fourth-order valence-corrected chi connectivity index (χ4v) is 3.04. The number of hydrogen-bond donors (Lipinski definition) is 0. The summed E-state index contributed by atoms with van der Waals surface area (Å²) in [5, 5.41) is 9.64. The Bertz CT molecular complexity index is 507. The molecule has 0 N–H and O–H groups in total. The predicted molar refractivity (Wildman–Crippen MR) is 87.2 cm³/mol. The van der Waals surface area contributed by atoms with Crippen LogP contribution in [0.4, 0.5) is 0 Å². The Hall–Kier alpha value is -1.37. The summed E-state index contributed by atoms with van der Waals surface area (Å²) in [6.45, 7) is 11.9. The lowest BCUT2D eigenvalue weighted by Crippen LogP contribution is -2.51. The molecule has 0 bridgehead atoms. The fraction of sp³-hybridized carbons (Fsp3) is 0.611. The molecule has 21 heavy (non-hydrogen) atoms. The smallest absolute Gasteiger partial charge is 0.124 e. The highest BCUT2D eigenvalue weighted by molar-refractivity contribution is 5.31. The van der Waals surface area contributed by atoms with Gasteiger partial charge in [-0.05, 0) is 30.5 Å². The van der Waals surface area contributed by atoms with E-state index in [-0.39, 0.29) is 11.5 Å². The van der Waals surface area contributed by atoms with Crippen LogP contribution in [0.5, 0.6) is 0 Å². The van der Waals surface area contributed by atoms with Gasteiger partial charge in [-0.1, -0.05) is 45.0 Å². The van der Waals surface area contributed by atoms with E-state index < -0.39 is 0 Å². The van der Waals surface area contributed by atoms with Gasteiger partial charge in [-0.3, -0.25) is 4.90 Å². The molecule has 0 aliphatic carbocycles. The lowest BCUT2D eigenvalue weighted by molar-refractivity contribution is 0.0797. The van der Waals surface area contributed by atoms with Gasteiger partial charge in [0.15, 0.2) is 0 Å². The number of hydrogen-bond acceptors (Lipinski definition) is 3. The first-order valence-corrected chi connectivity index (χ1v) is 7.77. The summed E-state index contributed by atoms with van der Waals surface area (Å²) in [6, 6.07) is 11.4. The Balaban J connectivity index is 2.20. The van der Waals surface area contributed by atoms with Crippen molar-refractivity contribution in [2.24, 2.45) is 0 Å². The third-order valence-corrected chi connectivity index (χ3v) is 4.43. The molecule has 2 atom stereocenters. The molecule has 2 rings (SSSR count). The second kappa shape index (κ2) is 6.17. The van der Waals surface area contributed by atoms with Gasteiger partial charge in [0.2, 0.25) is 0 Å². The van der Waals surface area contributed by atoms with E-state index in [1.165, 1.54) is 5.56 Å². The molecular weight excluding hydrogens is 258 g/mol. The maximum Gasteiger partial charge on any atom is 0.124 e. The zero-order valence-corrected chi connectivity index (χ0v) is 13.9. The predicted octanol–water partition coefficient (Wildman–Crippen LogP) is 3.18. The molecule has 0 spiro atoms. The summed E-state index contributed by atoms with van der Waals surface area (Å²) in [6.07, 6.45) is 0. The molecule has 114 valence electrons. The highest BCUT2D eigenvalue weighted by atomic mass is 15.3. The van der Waals surface area contributed by atoms with E-state index in [4.69, 9.17) is 0 Å². The average molecular weight is 285 g/mol. The van der Waals surface area contributed by atoms with Gasteiger partial charge in [0.1, 0.15) is 6.04 Å². The van der Waals surface area contributed by atoms with Crippen LogP contribution >= 0.6 is 0 Å². The zero-order chi connectivity index (χ0) is 15.6. The van der Waals surface area contributed by atoms with Crippen molar-refractivity contribution in [2.45, 2.75) is 45.2 Å².